The first-order valence-electron chi connectivity index (χ1n) is 11.3. The first-order valence-corrected chi connectivity index (χ1v) is 11.3. The Kier molecular flexibility index (Phi) is 5.96. The molecule has 1 atom stereocenters. The van der Waals surface area contributed by atoms with E-state index in [1.54, 1.807) is 7.11 Å². The molecule has 5 rings (SSSR count). The van der Waals surface area contributed by atoms with Gasteiger partial charge in [0.1, 0.15) is 5.75 Å². The van der Waals surface area contributed by atoms with Gasteiger partial charge in [0, 0.05) is 43.1 Å². The van der Waals surface area contributed by atoms with Gasteiger partial charge in [-0.1, -0.05) is 36.4 Å². The first-order chi connectivity index (χ1) is 15.3. The molecule has 0 spiro atoms. The molecule has 1 aliphatic carbocycles. The van der Waals surface area contributed by atoms with Crippen LogP contribution in [0.15, 0.2) is 60.9 Å². The fraction of sp³-hybridized carbons (Fsp3) is 0.385. The average molecular weight is 415 g/mol. The maximum Gasteiger partial charge on any atom is 0.162 e. The van der Waals surface area contributed by atoms with E-state index in [9.17, 15) is 0 Å². The predicted molar refractivity (Wildman–Crippen MR) is 123 cm³/mol. The lowest BCUT2D eigenvalue weighted by Gasteiger charge is -2.37. The summed E-state index contributed by atoms with van der Waals surface area (Å²) in [4.78, 5) is 11.9. The van der Waals surface area contributed by atoms with Gasteiger partial charge in [0.15, 0.2) is 5.82 Å². The van der Waals surface area contributed by atoms with Gasteiger partial charge in [0.05, 0.1) is 12.7 Å². The molecular formula is C26H30N4O. The molecule has 1 aromatic heterocycles. The van der Waals surface area contributed by atoms with Crippen molar-refractivity contribution < 1.29 is 4.74 Å². The van der Waals surface area contributed by atoms with Gasteiger partial charge < -0.3 is 10.1 Å². The minimum atomic E-state index is 0.520. The second kappa shape index (κ2) is 9.16. The Morgan fingerprint density at radius 1 is 1.00 bits per heavy atom. The number of nitrogens with zero attached hydrogens (tertiary/aromatic N) is 3. The minimum absolute atomic E-state index is 0.520. The fourth-order valence-electron chi connectivity index (χ4n) is 4.98. The van der Waals surface area contributed by atoms with Crippen LogP contribution >= 0.6 is 0 Å². The van der Waals surface area contributed by atoms with E-state index in [4.69, 9.17) is 4.74 Å². The summed E-state index contributed by atoms with van der Waals surface area (Å²) < 4.78 is 5.43. The third-order valence-corrected chi connectivity index (χ3v) is 6.65. The lowest BCUT2D eigenvalue weighted by Crippen LogP contribution is -2.49. The van der Waals surface area contributed by atoms with E-state index in [1.807, 2.05) is 36.7 Å². The van der Waals surface area contributed by atoms with Crippen LogP contribution in [-0.2, 0) is 19.4 Å². The number of likely N-dealkylation sites (tertiary alicyclic amines) is 1. The lowest BCUT2D eigenvalue weighted by atomic mass is 10.0. The highest BCUT2D eigenvalue weighted by Crippen LogP contribution is 2.28. The number of hydrogen-bond donors (Lipinski definition) is 1. The number of methoxy groups -OCH3 is 1. The zero-order valence-electron chi connectivity index (χ0n) is 18.1. The average Bonchev–Trinajstić information content (AvgIpc) is 3.28. The van der Waals surface area contributed by atoms with E-state index in [0.29, 0.717) is 17.9 Å². The van der Waals surface area contributed by atoms with Crippen molar-refractivity contribution in [3.63, 3.8) is 0 Å². The van der Waals surface area contributed by atoms with Crippen LogP contribution in [0, 0.1) is 0 Å². The summed E-state index contributed by atoms with van der Waals surface area (Å²) in [6.07, 6.45) is 8.73. The van der Waals surface area contributed by atoms with Crippen LogP contribution in [-0.4, -0.2) is 47.2 Å². The molecule has 0 amide bonds. The fourth-order valence-corrected chi connectivity index (χ4v) is 4.98. The smallest absolute Gasteiger partial charge is 0.162 e. The standard InChI is InChI=1S/C26H30N4O/c1-31-25-11-5-4-10-24(25)26-28-16-19(17-29-26)15-27-22-9-6-12-30(18-22)23-13-20-7-2-3-8-21(20)14-23/h2-5,7-8,10-11,16-17,22-23,27H,6,9,12-15,18H2,1H3/t22-/m1/s1. The van der Waals surface area contributed by atoms with Gasteiger partial charge >= 0.3 is 0 Å². The third kappa shape index (κ3) is 4.48. The van der Waals surface area contributed by atoms with E-state index in [0.717, 1.165) is 30.0 Å². The number of nitrogens with one attached hydrogen (secondary N) is 1. The minimum Gasteiger partial charge on any atom is -0.496 e. The monoisotopic (exact) mass is 414 g/mol. The molecule has 1 fully saturated rings. The lowest BCUT2D eigenvalue weighted by molar-refractivity contribution is 0.140. The van der Waals surface area contributed by atoms with Crippen LogP contribution in [0.1, 0.15) is 29.5 Å². The van der Waals surface area contributed by atoms with E-state index >= 15 is 0 Å². The molecule has 0 radical (unpaired) electrons. The third-order valence-electron chi connectivity index (χ3n) is 6.65. The van der Waals surface area contributed by atoms with Gasteiger partial charge in [-0.15, -0.1) is 0 Å². The molecule has 0 bridgehead atoms. The zero-order valence-corrected chi connectivity index (χ0v) is 18.1. The molecule has 0 unspecified atom stereocenters. The second-order valence-corrected chi connectivity index (χ2v) is 8.66. The number of ether oxygens (including phenoxy) is 1. The largest absolute Gasteiger partial charge is 0.496 e. The summed E-state index contributed by atoms with van der Waals surface area (Å²) in [6, 6.07) is 18.0. The van der Waals surface area contributed by atoms with Gasteiger partial charge in [-0.25, -0.2) is 9.97 Å². The Hall–Kier alpha value is -2.76. The highest BCUT2D eigenvalue weighted by Gasteiger charge is 2.30. The summed E-state index contributed by atoms with van der Waals surface area (Å²) in [6.45, 7) is 3.14. The van der Waals surface area contributed by atoms with Crippen molar-refractivity contribution in [2.24, 2.45) is 0 Å². The van der Waals surface area contributed by atoms with Crippen LogP contribution in [0.25, 0.3) is 11.4 Å². The van der Waals surface area contributed by atoms with Gasteiger partial charge in [0.2, 0.25) is 0 Å². The Morgan fingerprint density at radius 3 is 2.45 bits per heavy atom. The molecule has 3 aromatic rings. The van der Waals surface area contributed by atoms with Crippen molar-refractivity contribution in [3.05, 3.63) is 77.6 Å². The molecule has 0 saturated carbocycles. The molecular weight excluding hydrogens is 384 g/mol. The summed E-state index contributed by atoms with van der Waals surface area (Å²) in [5.41, 5.74) is 5.11. The van der Waals surface area contributed by atoms with Crippen LogP contribution in [0.2, 0.25) is 0 Å². The van der Waals surface area contributed by atoms with Crippen molar-refractivity contribution in [1.82, 2.24) is 20.2 Å². The topological polar surface area (TPSA) is 50.3 Å². The summed E-state index contributed by atoms with van der Waals surface area (Å²) in [5.74, 6) is 1.50. The van der Waals surface area contributed by atoms with Gasteiger partial charge in [-0.2, -0.15) is 0 Å². The molecule has 1 N–H and O–H groups in total. The molecule has 2 aromatic carbocycles. The molecule has 2 heterocycles. The van der Waals surface area contributed by atoms with Crippen molar-refractivity contribution >= 4 is 0 Å². The van der Waals surface area contributed by atoms with E-state index in [2.05, 4.69) is 44.5 Å². The SMILES string of the molecule is COc1ccccc1-c1ncc(CN[C@@H]2CCCN(C3Cc4ccccc4C3)C2)cn1. The number of para-hydroxylation sites is 1. The van der Waals surface area contributed by atoms with Crippen molar-refractivity contribution in [2.75, 3.05) is 20.2 Å². The number of benzene rings is 2. The molecule has 1 aliphatic heterocycles. The Morgan fingerprint density at radius 2 is 1.71 bits per heavy atom. The highest BCUT2D eigenvalue weighted by atomic mass is 16.5. The maximum atomic E-state index is 5.43. The quantitative estimate of drug-likeness (QED) is 0.664. The highest BCUT2D eigenvalue weighted by molar-refractivity contribution is 5.63. The van der Waals surface area contributed by atoms with Gasteiger partial charge in [-0.3, -0.25) is 4.90 Å². The van der Waals surface area contributed by atoms with Gasteiger partial charge in [0.25, 0.3) is 0 Å². The van der Waals surface area contributed by atoms with E-state index in [1.165, 1.54) is 43.4 Å². The summed E-state index contributed by atoms with van der Waals surface area (Å²) >= 11 is 0. The maximum absolute atomic E-state index is 5.43. The van der Waals surface area contributed by atoms with Crippen LogP contribution in [0.5, 0.6) is 5.75 Å². The number of aromatic nitrogens is 2. The molecule has 31 heavy (non-hydrogen) atoms. The Balaban J connectivity index is 1.17. The van der Waals surface area contributed by atoms with Crippen LogP contribution < -0.4 is 10.1 Å². The molecule has 5 nitrogen and oxygen atoms in total. The van der Waals surface area contributed by atoms with Gasteiger partial charge in [-0.05, 0) is 55.5 Å². The van der Waals surface area contributed by atoms with Crippen molar-refractivity contribution in [1.29, 1.82) is 0 Å². The number of hydrogen-bond acceptors (Lipinski definition) is 5. The van der Waals surface area contributed by atoms with Crippen molar-refractivity contribution in [2.45, 2.75) is 44.3 Å². The van der Waals surface area contributed by atoms with E-state index in [-0.39, 0.29) is 0 Å². The predicted octanol–water partition coefficient (Wildman–Crippen LogP) is 3.87. The molecule has 5 heteroatoms. The zero-order chi connectivity index (χ0) is 21.0. The Labute approximate surface area is 184 Å². The van der Waals surface area contributed by atoms with Crippen molar-refractivity contribution in [3.8, 4) is 17.1 Å². The second-order valence-electron chi connectivity index (χ2n) is 8.66. The normalized spacial score (nSPS) is 19.3. The van der Waals surface area contributed by atoms with E-state index < -0.39 is 0 Å². The summed E-state index contributed by atoms with van der Waals surface area (Å²) in [7, 11) is 1.68. The summed E-state index contributed by atoms with van der Waals surface area (Å²) in [5, 5.41) is 3.75. The number of piperidine rings is 1. The van der Waals surface area contributed by atoms with Crippen LogP contribution in [0.3, 0.4) is 0 Å². The molecule has 160 valence electrons. The first kappa shape index (κ1) is 20.2. The molecule has 2 aliphatic rings. The number of rotatable bonds is 6. The number of fused-ring (bicyclic) bond motifs is 1. The molecule has 1 saturated heterocycles. The van der Waals surface area contributed by atoms with Crippen LogP contribution in [0.4, 0.5) is 0 Å². The Bertz CT molecular complexity index is 995.